The second kappa shape index (κ2) is 3.39. The summed E-state index contributed by atoms with van der Waals surface area (Å²) < 4.78 is 0. The topological polar surface area (TPSA) is 36.7 Å². The molecule has 0 fully saturated rings. The Morgan fingerprint density at radius 2 is 2.36 bits per heavy atom. The van der Waals surface area contributed by atoms with Gasteiger partial charge in [-0.3, -0.25) is 4.98 Å². The normalized spacial score (nSPS) is 7.64. The smallest absolute Gasteiger partial charge is 0.152 e. The zero-order chi connectivity index (χ0) is 8.10. The first kappa shape index (κ1) is 7.31. The third-order valence-electron chi connectivity index (χ3n) is 1.16. The maximum Gasteiger partial charge on any atom is 0.152 e. The van der Waals surface area contributed by atoms with Crippen molar-refractivity contribution in [1.29, 1.82) is 5.26 Å². The molecule has 0 aliphatic rings. The lowest BCUT2D eigenvalue weighted by Gasteiger charge is -1.89. The van der Waals surface area contributed by atoms with Crippen molar-refractivity contribution in [3.63, 3.8) is 0 Å². The van der Waals surface area contributed by atoms with E-state index in [1.54, 1.807) is 18.3 Å². The minimum atomic E-state index is 0.832. The van der Waals surface area contributed by atoms with Gasteiger partial charge in [0, 0.05) is 23.4 Å². The predicted molar refractivity (Wildman–Crippen MR) is 41.5 cm³/mol. The van der Waals surface area contributed by atoms with Gasteiger partial charge in [0.2, 0.25) is 0 Å². The molecule has 52 valence electrons. The summed E-state index contributed by atoms with van der Waals surface area (Å²) in [6, 6.07) is 5.37. The summed E-state index contributed by atoms with van der Waals surface area (Å²) in [6.45, 7) is 1.89. The zero-order valence-corrected chi connectivity index (χ0v) is 6.13. The van der Waals surface area contributed by atoms with Crippen molar-refractivity contribution < 1.29 is 0 Å². The highest BCUT2D eigenvalue weighted by Crippen LogP contribution is 1.97. The second-order valence-electron chi connectivity index (χ2n) is 2.05. The molecule has 0 atom stereocenters. The van der Waals surface area contributed by atoms with Crippen LogP contribution in [0.25, 0.3) is 0 Å². The highest BCUT2D eigenvalue weighted by molar-refractivity contribution is 5.37. The van der Waals surface area contributed by atoms with E-state index in [9.17, 15) is 0 Å². The van der Waals surface area contributed by atoms with Crippen molar-refractivity contribution >= 4 is 0 Å². The Labute approximate surface area is 65.5 Å². The Hall–Kier alpha value is -1.80. The van der Waals surface area contributed by atoms with Gasteiger partial charge in [0.05, 0.1) is 0 Å². The molecule has 1 heterocycles. The van der Waals surface area contributed by atoms with Gasteiger partial charge in [0.1, 0.15) is 0 Å². The lowest BCUT2D eigenvalue weighted by atomic mass is 10.2. The van der Waals surface area contributed by atoms with Gasteiger partial charge in [-0.1, -0.05) is 5.92 Å². The van der Waals surface area contributed by atoms with Gasteiger partial charge in [-0.05, 0) is 19.1 Å². The molecule has 0 unspecified atom stereocenters. The van der Waals surface area contributed by atoms with E-state index in [4.69, 9.17) is 5.26 Å². The molecule has 0 bridgehead atoms. The first-order valence-corrected chi connectivity index (χ1v) is 3.15. The minimum absolute atomic E-state index is 0.832. The lowest BCUT2D eigenvalue weighted by Crippen LogP contribution is -1.80. The fourth-order valence-corrected chi connectivity index (χ4v) is 0.723. The first-order valence-electron chi connectivity index (χ1n) is 3.15. The standard InChI is InChI=1S/C9H6N2/c1-8-7-9(3-2-5-10)4-6-11-8/h4,6-7H,1H3. The van der Waals surface area contributed by atoms with Crippen molar-refractivity contribution in [1.82, 2.24) is 4.98 Å². The van der Waals surface area contributed by atoms with Crippen molar-refractivity contribution in [2.45, 2.75) is 6.92 Å². The van der Waals surface area contributed by atoms with Crippen LogP contribution < -0.4 is 0 Å². The monoisotopic (exact) mass is 142 g/mol. The largest absolute Gasteiger partial charge is 0.262 e. The summed E-state index contributed by atoms with van der Waals surface area (Å²) in [5.74, 6) is 5.00. The Bertz CT molecular complexity index is 350. The van der Waals surface area contributed by atoms with Gasteiger partial charge in [-0.2, -0.15) is 5.26 Å². The predicted octanol–water partition coefficient (Wildman–Crippen LogP) is 1.27. The molecule has 0 saturated heterocycles. The van der Waals surface area contributed by atoms with Crippen LogP contribution in [0.2, 0.25) is 0 Å². The lowest BCUT2D eigenvalue weighted by molar-refractivity contribution is 1.19. The first-order chi connectivity index (χ1) is 5.33. The van der Waals surface area contributed by atoms with Gasteiger partial charge in [-0.25, -0.2) is 0 Å². The van der Waals surface area contributed by atoms with Crippen LogP contribution in [0.3, 0.4) is 0 Å². The maximum atomic E-state index is 8.16. The van der Waals surface area contributed by atoms with Crippen molar-refractivity contribution in [3.8, 4) is 17.9 Å². The SMILES string of the molecule is Cc1cc(C#CC#N)ccn1. The molecule has 1 aromatic rings. The number of rotatable bonds is 0. The Kier molecular flexibility index (Phi) is 2.25. The van der Waals surface area contributed by atoms with Crippen LogP contribution in [-0.4, -0.2) is 4.98 Å². The molecule has 0 radical (unpaired) electrons. The van der Waals surface area contributed by atoms with Crippen LogP contribution in [-0.2, 0) is 0 Å². The van der Waals surface area contributed by atoms with Crippen LogP contribution >= 0.6 is 0 Å². The summed E-state index contributed by atoms with van der Waals surface area (Å²) in [5, 5.41) is 8.16. The molecule has 11 heavy (non-hydrogen) atoms. The summed E-state index contributed by atoms with van der Waals surface area (Å²) in [6.07, 6.45) is 1.68. The maximum absolute atomic E-state index is 8.16. The van der Waals surface area contributed by atoms with E-state index < -0.39 is 0 Å². The number of nitriles is 1. The Morgan fingerprint density at radius 3 is 3.00 bits per heavy atom. The average Bonchev–Trinajstić information content (AvgIpc) is 2.01. The molecule has 2 nitrogen and oxygen atoms in total. The molecular weight excluding hydrogens is 136 g/mol. The number of hydrogen-bond acceptors (Lipinski definition) is 2. The van der Waals surface area contributed by atoms with Crippen LogP contribution in [0.1, 0.15) is 11.3 Å². The van der Waals surface area contributed by atoms with E-state index in [1.807, 2.05) is 13.0 Å². The molecular formula is C9H6N2. The van der Waals surface area contributed by atoms with Gasteiger partial charge in [-0.15, -0.1) is 0 Å². The summed E-state index contributed by atoms with van der Waals surface area (Å²) in [4.78, 5) is 4.00. The van der Waals surface area contributed by atoms with Gasteiger partial charge in [0.15, 0.2) is 6.07 Å². The highest BCUT2D eigenvalue weighted by atomic mass is 14.6. The fraction of sp³-hybridized carbons (Fsp3) is 0.111. The molecule has 0 spiro atoms. The number of pyridine rings is 1. The average molecular weight is 142 g/mol. The number of aryl methyl sites for hydroxylation is 1. The van der Waals surface area contributed by atoms with Gasteiger partial charge >= 0.3 is 0 Å². The molecule has 2 heteroatoms. The Morgan fingerprint density at radius 1 is 1.55 bits per heavy atom. The molecule has 0 amide bonds. The van der Waals surface area contributed by atoms with Crippen molar-refractivity contribution in [3.05, 3.63) is 29.6 Å². The third kappa shape index (κ3) is 2.12. The molecule has 0 aliphatic heterocycles. The van der Waals surface area contributed by atoms with E-state index in [2.05, 4.69) is 16.8 Å². The quantitative estimate of drug-likeness (QED) is 0.511. The number of aromatic nitrogens is 1. The zero-order valence-electron chi connectivity index (χ0n) is 6.13. The summed E-state index contributed by atoms with van der Waals surface area (Å²) in [5.41, 5.74) is 1.74. The van der Waals surface area contributed by atoms with Crippen LogP contribution in [0.5, 0.6) is 0 Å². The van der Waals surface area contributed by atoms with E-state index >= 15 is 0 Å². The molecule has 0 aromatic carbocycles. The summed E-state index contributed by atoms with van der Waals surface area (Å²) in [7, 11) is 0. The van der Waals surface area contributed by atoms with E-state index in [0.29, 0.717) is 0 Å². The molecule has 0 N–H and O–H groups in total. The van der Waals surface area contributed by atoms with Crippen LogP contribution in [0, 0.1) is 30.1 Å². The number of nitrogens with zero attached hydrogens (tertiary/aromatic N) is 2. The molecule has 0 saturated carbocycles. The van der Waals surface area contributed by atoms with E-state index in [-0.39, 0.29) is 0 Å². The molecule has 1 rings (SSSR count). The Balaban J connectivity index is 2.99. The molecule has 1 aromatic heterocycles. The van der Waals surface area contributed by atoms with Gasteiger partial charge < -0.3 is 0 Å². The fourth-order valence-electron chi connectivity index (χ4n) is 0.723. The van der Waals surface area contributed by atoms with E-state index in [0.717, 1.165) is 11.3 Å². The van der Waals surface area contributed by atoms with Crippen LogP contribution in [0.15, 0.2) is 18.3 Å². The minimum Gasteiger partial charge on any atom is -0.262 e. The highest BCUT2D eigenvalue weighted by Gasteiger charge is 1.86. The summed E-state index contributed by atoms with van der Waals surface area (Å²) >= 11 is 0. The molecule has 0 aliphatic carbocycles. The van der Waals surface area contributed by atoms with Crippen LogP contribution in [0.4, 0.5) is 0 Å². The van der Waals surface area contributed by atoms with Crippen molar-refractivity contribution in [2.75, 3.05) is 0 Å². The third-order valence-corrected chi connectivity index (χ3v) is 1.16. The van der Waals surface area contributed by atoms with E-state index in [1.165, 1.54) is 0 Å². The van der Waals surface area contributed by atoms with Crippen molar-refractivity contribution in [2.24, 2.45) is 0 Å². The van der Waals surface area contributed by atoms with Gasteiger partial charge in [0.25, 0.3) is 0 Å². The number of hydrogen-bond donors (Lipinski definition) is 0. The second-order valence-corrected chi connectivity index (χ2v) is 2.05.